The SMILES string of the molecule is Cc1cc(Cl)ccc1OCC(=O)N(Cc1ccc(F)cc1)Cc1ccco1. The van der Waals surface area contributed by atoms with Crippen molar-refractivity contribution in [3.8, 4) is 5.75 Å². The summed E-state index contributed by atoms with van der Waals surface area (Å²) >= 11 is 5.94. The second-order valence-corrected chi connectivity index (χ2v) is 6.59. The number of rotatable bonds is 7. The highest BCUT2D eigenvalue weighted by atomic mass is 35.5. The molecule has 2 aromatic carbocycles. The Hall–Kier alpha value is -2.79. The first kappa shape index (κ1) is 19.0. The first-order chi connectivity index (χ1) is 13.0. The van der Waals surface area contributed by atoms with Crippen LogP contribution in [0.2, 0.25) is 5.02 Å². The molecule has 0 aliphatic rings. The summed E-state index contributed by atoms with van der Waals surface area (Å²) in [7, 11) is 0. The van der Waals surface area contributed by atoms with Crippen LogP contribution in [-0.4, -0.2) is 17.4 Å². The van der Waals surface area contributed by atoms with Gasteiger partial charge >= 0.3 is 0 Å². The average molecular weight is 388 g/mol. The molecule has 0 N–H and O–H groups in total. The lowest BCUT2D eigenvalue weighted by molar-refractivity contribution is -0.134. The van der Waals surface area contributed by atoms with E-state index in [0.717, 1.165) is 11.1 Å². The van der Waals surface area contributed by atoms with E-state index < -0.39 is 0 Å². The van der Waals surface area contributed by atoms with Crippen LogP contribution >= 0.6 is 11.6 Å². The molecule has 0 saturated carbocycles. The molecule has 0 atom stereocenters. The number of hydrogen-bond donors (Lipinski definition) is 0. The van der Waals surface area contributed by atoms with Gasteiger partial charge in [0, 0.05) is 11.6 Å². The van der Waals surface area contributed by atoms with Gasteiger partial charge in [0.05, 0.1) is 12.8 Å². The Morgan fingerprint density at radius 3 is 2.59 bits per heavy atom. The van der Waals surface area contributed by atoms with E-state index in [1.54, 1.807) is 53.6 Å². The van der Waals surface area contributed by atoms with Crippen molar-refractivity contribution in [1.82, 2.24) is 4.90 Å². The number of benzene rings is 2. The largest absolute Gasteiger partial charge is 0.483 e. The van der Waals surface area contributed by atoms with E-state index in [1.165, 1.54) is 12.1 Å². The summed E-state index contributed by atoms with van der Waals surface area (Å²) in [4.78, 5) is 14.4. The Kier molecular flexibility index (Phi) is 6.14. The topological polar surface area (TPSA) is 42.7 Å². The van der Waals surface area contributed by atoms with Gasteiger partial charge in [-0.1, -0.05) is 23.7 Å². The monoisotopic (exact) mass is 387 g/mol. The van der Waals surface area contributed by atoms with Crippen molar-refractivity contribution in [3.63, 3.8) is 0 Å². The molecule has 0 spiro atoms. The molecule has 0 aliphatic carbocycles. The Labute approximate surface area is 162 Å². The van der Waals surface area contributed by atoms with E-state index >= 15 is 0 Å². The van der Waals surface area contributed by atoms with Crippen molar-refractivity contribution in [3.05, 3.63) is 88.6 Å². The molecule has 27 heavy (non-hydrogen) atoms. The molecular weight excluding hydrogens is 369 g/mol. The Balaban J connectivity index is 1.70. The molecule has 1 heterocycles. The predicted molar refractivity (Wildman–Crippen MR) is 101 cm³/mol. The summed E-state index contributed by atoms with van der Waals surface area (Å²) in [5.74, 6) is 0.745. The number of carbonyl (C=O) groups excluding carboxylic acids is 1. The van der Waals surface area contributed by atoms with Crippen LogP contribution in [0.5, 0.6) is 5.75 Å². The molecule has 0 aliphatic heterocycles. The molecular formula is C21H19ClFNO3. The number of aryl methyl sites for hydroxylation is 1. The Morgan fingerprint density at radius 2 is 1.93 bits per heavy atom. The number of furan rings is 1. The number of hydrogen-bond acceptors (Lipinski definition) is 3. The maximum atomic E-state index is 13.1. The molecule has 140 valence electrons. The first-order valence-electron chi connectivity index (χ1n) is 8.45. The van der Waals surface area contributed by atoms with E-state index in [-0.39, 0.29) is 18.3 Å². The quantitative estimate of drug-likeness (QED) is 0.573. The first-order valence-corrected chi connectivity index (χ1v) is 8.82. The van der Waals surface area contributed by atoms with Gasteiger partial charge in [-0.2, -0.15) is 0 Å². The van der Waals surface area contributed by atoms with E-state index in [9.17, 15) is 9.18 Å². The fourth-order valence-corrected chi connectivity index (χ4v) is 2.87. The van der Waals surface area contributed by atoms with E-state index in [1.807, 2.05) is 6.92 Å². The van der Waals surface area contributed by atoms with Crippen LogP contribution in [-0.2, 0) is 17.9 Å². The maximum Gasteiger partial charge on any atom is 0.261 e. The lowest BCUT2D eigenvalue weighted by atomic mass is 10.2. The van der Waals surface area contributed by atoms with Crippen LogP contribution in [0.1, 0.15) is 16.9 Å². The summed E-state index contributed by atoms with van der Waals surface area (Å²) < 4.78 is 24.2. The third-order valence-electron chi connectivity index (χ3n) is 4.05. The van der Waals surface area contributed by atoms with Crippen molar-refractivity contribution >= 4 is 17.5 Å². The molecule has 0 saturated heterocycles. The Bertz CT molecular complexity index is 894. The van der Waals surface area contributed by atoms with Crippen molar-refractivity contribution in [2.45, 2.75) is 20.0 Å². The van der Waals surface area contributed by atoms with Gasteiger partial charge in [-0.25, -0.2) is 4.39 Å². The minimum atomic E-state index is -0.316. The molecule has 3 rings (SSSR count). The van der Waals surface area contributed by atoms with Crippen LogP contribution in [0.15, 0.2) is 65.3 Å². The summed E-state index contributed by atoms with van der Waals surface area (Å²) in [6.45, 7) is 2.37. The second kappa shape index (κ2) is 8.73. The van der Waals surface area contributed by atoms with Crippen molar-refractivity contribution in [2.24, 2.45) is 0 Å². The zero-order chi connectivity index (χ0) is 19.2. The highest BCUT2D eigenvalue weighted by Crippen LogP contribution is 2.22. The summed E-state index contributed by atoms with van der Waals surface area (Å²) in [5.41, 5.74) is 1.67. The van der Waals surface area contributed by atoms with Gasteiger partial charge in [0.15, 0.2) is 6.61 Å². The predicted octanol–water partition coefficient (Wildman–Crippen LogP) is 4.99. The van der Waals surface area contributed by atoms with Gasteiger partial charge in [-0.3, -0.25) is 4.79 Å². The van der Waals surface area contributed by atoms with Crippen molar-refractivity contribution in [2.75, 3.05) is 6.61 Å². The number of carbonyl (C=O) groups is 1. The molecule has 4 nitrogen and oxygen atoms in total. The minimum Gasteiger partial charge on any atom is -0.483 e. The summed E-state index contributed by atoms with van der Waals surface area (Å²) in [6, 6.07) is 14.9. The smallest absolute Gasteiger partial charge is 0.261 e. The third-order valence-corrected chi connectivity index (χ3v) is 4.29. The number of ether oxygens (including phenoxy) is 1. The van der Waals surface area contributed by atoms with E-state index in [4.69, 9.17) is 20.8 Å². The van der Waals surface area contributed by atoms with E-state index in [2.05, 4.69) is 0 Å². The minimum absolute atomic E-state index is 0.121. The van der Waals surface area contributed by atoms with Gasteiger partial charge in [0.2, 0.25) is 0 Å². The number of amides is 1. The van der Waals surface area contributed by atoms with Crippen LogP contribution in [0.25, 0.3) is 0 Å². The average Bonchev–Trinajstić information content (AvgIpc) is 3.15. The van der Waals surface area contributed by atoms with Crippen molar-refractivity contribution in [1.29, 1.82) is 0 Å². The lowest BCUT2D eigenvalue weighted by Gasteiger charge is -2.22. The molecule has 0 radical (unpaired) electrons. The van der Waals surface area contributed by atoms with Gasteiger partial charge < -0.3 is 14.1 Å². The zero-order valence-electron chi connectivity index (χ0n) is 14.8. The highest BCUT2D eigenvalue weighted by Gasteiger charge is 2.17. The van der Waals surface area contributed by atoms with Gasteiger partial charge in [0.1, 0.15) is 17.3 Å². The lowest BCUT2D eigenvalue weighted by Crippen LogP contribution is -2.34. The van der Waals surface area contributed by atoms with Crippen LogP contribution in [0, 0.1) is 12.7 Å². The van der Waals surface area contributed by atoms with Crippen LogP contribution in [0.3, 0.4) is 0 Å². The fourth-order valence-electron chi connectivity index (χ4n) is 2.64. The molecule has 6 heteroatoms. The van der Waals surface area contributed by atoms with E-state index in [0.29, 0.717) is 29.6 Å². The summed E-state index contributed by atoms with van der Waals surface area (Å²) in [5, 5.41) is 0.613. The van der Waals surface area contributed by atoms with Gasteiger partial charge in [-0.15, -0.1) is 0 Å². The fraction of sp³-hybridized carbons (Fsp3) is 0.190. The summed E-state index contributed by atoms with van der Waals surface area (Å²) in [6.07, 6.45) is 1.56. The molecule has 1 aromatic heterocycles. The second-order valence-electron chi connectivity index (χ2n) is 6.15. The molecule has 3 aromatic rings. The zero-order valence-corrected chi connectivity index (χ0v) is 15.6. The Morgan fingerprint density at radius 1 is 1.15 bits per heavy atom. The van der Waals surface area contributed by atoms with Gasteiger partial charge in [0.25, 0.3) is 5.91 Å². The molecule has 0 fully saturated rings. The molecule has 0 bridgehead atoms. The maximum absolute atomic E-state index is 13.1. The molecule has 0 unspecified atom stereocenters. The van der Waals surface area contributed by atoms with Crippen LogP contribution in [0.4, 0.5) is 4.39 Å². The number of nitrogens with zero attached hydrogens (tertiary/aromatic N) is 1. The van der Waals surface area contributed by atoms with Gasteiger partial charge in [-0.05, 0) is 60.5 Å². The normalized spacial score (nSPS) is 10.6. The number of halogens is 2. The standard InChI is InChI=1S/C21H19ClFNO3/c1-15-11-17(22)6-9-20(15)27-14-21(25)24(13-19-3-2-10-26-19)12-16-4-7-18(23)8-5-16/h2-11H,12-14H2,1H3. The third kappa shape index (κ3) is 5.34. The highest BCUT2D eigenvalue weighted by molar-refractivity contribution is 6.30. The molecule has 1 amide bonds. The van der Waals surface area contributed by atoms with Crippen molar-refractivity contribution < 1.29 is 18.3 Å². The van der Waals surface area contributed by atoms with Crippen LogP contribution < -0.4 is 4.74 Å².